The fourth-order valence-corrected chi connectivity index (χ4v) is 2.29. The monoisotopic (exact) mass is 336 g/mol. The third kappa shape index (κ3) is 4.79. The highest BCUT2D eigenvalue weighted by Crippen LogP contribution is 2.25. The molecule has 0 spiro atoms. The van der Waals surface area contributed by atoms with Crippen LogP contribution in [0.3, 0.4) is 0 Å². The molecule has 0 aromatic heterocycles. The topological polar surface area (TPSA) is 42.5 Å². The van der Waals surface area contributed by atoms with E-state index in [0.29, 0.717) is 28.2 Å². The molecule has 0 fully saturated rings. The van der Waals surface area contributed by atoms with Gasteiger partial charge in [-0.25, -0.2) is 0 Å². The zero-order chi connectivity index (χ0) is 15.9. The molecule has 0 unspecified atom stereocenters. The summed E-state index contributed by atoms with van der Waals surface area (Å²) in [5.41, 5.74) is 1.85. The standard InChI is InChI=1S/C16H17ClN2O2S/c1-20-14-7-13(8-15(9-14)21-2)19-16(22)18-10-11-4-3-5-12(17)6-11/h3-9H,10H2,1-2H3,(H2,18,19,22). The zero-order valence-corrected chi connectivity index (χ0v) is 13.9. The van der Waals surface area contributed by atoms with Crippen molar-refractivity contribution in [3.05, 3.63) is 53.1 Å². The molecule has 0 amide bonds. The van der Waals surface area contributed by atoms with E-state index in [9.17, 15) is 0 Å². The van der Waals surface area contributed by atoms with Crippen molar-refractivity contribution in [1.82, 2.24) is 5.32 Å². The number of nitrogens with one attached hydrogen (secondary N) is 2. The number of methoxy groups -OCH3 is 2. The lowest BCUT2D eigenvalue weighted by Gasteiger charge is -2.13. The fourth-order valence-electron chi connectivity index (χ4n) is 1.88. The Morgan fingerprint density at radius 1 is 1.09 bits per heavy atom. The van der Waals surface area contributed by atoms with Gasteiger partial charge in [0.15, 0.2) is 5.11 Å². The number of benzene rings is 2. The van der Waals surface area contributed by atoms with Crippen molar-refractivity contribution >= 4 is 34.6 Å². The van der Waals surface area contributed by atoms with E-state index < -0.39 is 0 Å². The van der Waals surface area contributed by atoms with Gasteiger partial charge in [0.1, 0.15) is 11.5 Å². The second-order valence-electron chi connectivity index (χ2n) is 4.54. The molecule has 0 heterocycles. The molecular weight excluding hydrogens is 320 g/mol. The quantitative estimate of drug-likeness (QED) is 0.812. The summed E-state index contributed by atoms with van der Waals surface area (Å²) >= 11 is 11.2. The zero-order valence-electron chi connectivity index (χ0n) is 12.4. The van der Waals surface area contributed by atoms with Crippen molar-refractivity contribution in [2.75, 3.05) is 19.5 Å². The highest BCUT2D eigenvalue weighted by Gasteiger charge is 2.04. The number of ether oxygens (including phenoxy) is 2. The molecule has 0 saturated carbocycles. The Labute approximate surface area is 140 Å². The van der Waals surface area contributed by atoms with Gasteiger partial charge in [0, 0.05) is 35.5 Å². The van der Waals surface area contributed by atoms with Gasteiger partial charge >= 0.3 is 0 Å². The second-order valence-corrected chi connectivity index (χ2v) is 5.38. The summed E-state index contributed by atoms with van der Waals surface area (Å²) in [5.74, 6) is 1.39. The maximum atomic E-state index is 5.95. The summed E-state index contributed by atoms with van der Waals surface area (Å²) in [6.45, 7) is 0.591. The van der Waals surface area contributed by atoms with Gasteiger partial charge in [0.05, 0.1) is 14.2 Å². The summed E-state index contributed by atoms with van der Waals surface area (Å²) in [4.78, 5) is 0. The van der Waals surface area contributed by atoms with E-state index in [2.05, 4.69) is 10.6 Å². The van der Waals surface area contributed by atoms with Gasteiger partial charge < -0.3 is 20.1 Å². The molecular formula is C16H17ClN2O2S. The Kier molecular flexibility index (Phi) is 5.86. The molecule has 2 aromatic carbocycles. The Bertz CT molecular complexity index is 642. The third-order valence-corrected chi connectivity index (χ3v) is 3.43. The van der Waals surface area contributed by atoms with Crippen LogP contribution < -0.4 is 20.1 Å². The van der Waals surface area contributed by atoms with Crippen LogP contribution in [0.2, 0.25) is 5.02 Å². The maximum Gasteiger partial charge on any atom is 0.171 e. The lowest BCUT2D eigenvalue weighted by molar-refractivity contribution is 0.395. The third-order valence-electron chi connectivity index (χ3n) is 2.95. The van der Waals surface area contributed by atoms with Gasteiger partial charge in [0.25, 0.3) is 0 Å². The van der Waals surface area contributed by atoms with Crippen molar-refractivity contribution in [2.24, 2.45) is 0 Å². The summed E-state index contributed by atoms with van der Waals surface area (Å²) in [6, 6.07) is 13.1. The molecule has 0 saturated heterocycles. The van der Waals surface area contributed by atoms with Gasteiger partial charge in [0.2, 0.25) is 0 Å². The van der Waals surface area contributed by atoms with Crippen LogP contribution in [0.1, 0.15) is 5.56 Å². The Morgan fingerprint density at radius 2 is 1.77 bits per heavy atom. The van der Waals surface area contributed by atoms with E-state index in [0.717, 1.165) is 11.3 Å². The minimum atomic E-state index is 0.510. The first-order chi connectivity index (χ1) is 10.6. The van der Waals surface area contributed by atoms with E-state index >= 15 is 0 Å². The van der Waals surface area contributed by atoms with E-state index in [4.69, 9.17) is 33.3 Å². The SMILES string of the molecule is COc1cc(NC(=S)NCc2cccc(Cl)c2)cc(OC)c1. The molecule has 0 atom stereocenters. The van der Waals surface area contributed by atoms with Crippen LogP contribution in [0.25, 0.3) is 0 Å². The summed E-state index contributed by atoms with van der Waals surface area (Å²) in [5, 5.41) is 7.45. The van der Waals surface area contributed by atoms with Crippen LogP contribution in [0.5, 0.6) is 11.5 Å². The van der Waals surface area contributed by atoms with Crippen LogP contribution in [0.4, 0.5) is 5.69 Å². The Balaban J connectivity index is 1.97. The molecule has 116 valence electrons. The molecule has 0 aliphatic heterocycles. The molecule has 0 radical (unpaired) electrons. The minimum absolute atomic E-state index is 0.510. The van der Waals surface area contributed by atoms with E-state index in [1.165, 1.54) is 0 Å². The number of halogens is 1. The minimum Gasteiger partial charge on any atom is -0.497 e. The smallest absolute Gasteiger partial charge is 0.171 e. The van der Waals surface area contributed by atoms with Crippen molar-refractivity contribution in [2.45, 2.75) is 6.54 Å². The molecule has 0 bridgehead atoms. The van der Waals surface area contributed by atoms with Crippen molar-refractivity contribution in [3.63, 3.8) is 0 Å². The molecule has 2 rings (SSSR count). The van der Waals surface area contributed by atoms with Gasteiger partial charge in [-0.3, -0.25) is 0 Å². The lowest BCUT2D eigenvalue weighted by Crippen LogP contribution is -2.27. The highest BCUT2D eigenvalue weighted by atomic mass is 35.5. The largest absolute Gasteiger partial charge is 0.497 e. The Hall–Kier alpha value is -1.98. The Morgan fingerprint density at radius 3 is 2.36 bits per heavy atom. The normalized spacial score (nSPS) is 9.95. The number of hydrogen-bond acceptors (Lipinski definition) is 3. The van der Waals surface area contributed by atoms with Crippen LogP contribution in [0, 0.1) is 0 Å². The maximum absolute atomic E-state index is 5.95. The molecule has 6 heteroatoms. The van der Waals surface area contributed by atoms with Crippen LogP contribution in [-0.2, 0) is 6.54 Å². The predicted molar refractivity (Wildman–Crippen MR) is 94.1 cm³/mol. The number of thiocarbonyl (C=S) groups is 1. The first kappa shape index (κ1) is 16.4. The first-order valence-electron chi connectivity index (χ1n) is 6.63. The number of anilines is 1. The summed E-state index contributed by atoms with van der Waals surface area (Å²) in [6.07, 6.45) is 0. The van der Waals surface area contributed by atoms with Gasteiger partial charge in [-0.05, 0) is 29.9 Å². The average Bonchev–Trinajstić information content (AvgIpc) is 2.52. The predicted octanol–water partition coefficient (Wildman–Crippen LogP) is 3.84. The van der Waals surface area contributed by atoms with Crippen LogP contribution >= 0.6 is 23.8 Å². The van der Waals surface area contributed by atoms with Crippen molar-refractivity contribution in [3.8, 4) is 11.5 Å². The number of rotatable bonds is 5. The summed E-state index contributed by atoms with van der Waals surface area (Å²) < 4.78 is 10.4. The fraction of sp³-hybridized carbons (Fsp3) is 0.188. The van der Waals surface area contributed by atoms with Crippen molar-refractivity contribution < 1.29 is 9.47 Å². The molecule has 4 nitrogen and oxygen atoms in total. The first-order valence-corrected chi connectivity index (χ1v) is 7.41. The van der Waals surface area contributed by atoms with Crippen molar-refractivity contribution in [1.29, 1.82) is 0 Å². The molecule has 2 aromatic rings. The second kappa shape index (κ2) is 7.87. The van der Waals surface area contributed by atoms with E-state index in [1.54, 1.807) is 20.3 Å². The summed E-state index contributed by atoms with van der Waals surface area (Å²) in [7, 11) is 3.21. The number of hydrogen-bond donors (Lipinski definition) is 2. The van der Waals surface area contributed by atoms with E-state index in [-0.39, 0.29) is 0 Å². The molecule has 0 aliphatic carbocycles. The lowest BCUT2D eigenvalue weighted by atomic mass is 10.2. The van der Waals surface area contributed by atoms with E-state index in [1.807, 2.05) is 36.4 Å². The van der Waals surface area contributed by atoms with Gasteiger partial charge in [-0.15, -0.1) is 0 Å². The molecule has 2 N–H and O–H groups in total. The van der Waals surface area contributed by atoms with Gasteiger partial charge in [-0.2, -0.15) is 0 Å². The highest BCUT2D eigenvalue weighted by molar-refractivity contribution is 7.80. The van der Waals surface area contributed by atoms with Gasteiger partial charge in [-0.1, -0.05) is 23.7 Å². The molecule has 0 aliphatic rings. The van der Waals surface area contributed by atoms with Crippen LogP contribution in [0.15, 0.2) is 42.5 Å². The molecule has 22 heavy (non-hydrogen) atoms. The average molecular weight is 337 g/mol. The van der Waals surface area contributed by atoms with Crippen LogP contribution in [-0.4, -0.2) is 19.3 Å².